The van der Waals surface area contributed by atoms with Gasteiger partial charge in [-0.05, 0) is 11.5 Å². The smallest absolute Gasteiger partial charge is 0.241 e. The van der Waals surface area contributed by atoms with Crippen LogP contribution in [0.15, 0.2) is 30.3 Å². The van der Waals surface area contributed by atoms with Gasteiger partial charge in [0.05, 0.1) is 12.6 Å². The number of carbonyl (C=O) groups is 1. The monoisotopic (exact) mass is 236 g/mol. The van der Waals surface area contributed by atoms with Crippen molar-refractivity contribution in [2.45, 2.75) is 25.9 Å². The van der Waals surface area contributed by atoms with Crippen LogP contribution in [0.5, 0.6) is 0 Å². The second-order valence-electron chi connectivity index (χ2n) is 4.43. The van der Waals surface area contributed by atoms with E-state index in [9.17, 15) is 4.79 Å². The second-order valence-corrected chi connectivity index (χ2v) is 4.43. The molecule has 0 aliphatic heterocycles. The second kappa shape index (κ2) is 6.37. The highest BCUT2D eigenvalue weighted by Crippen LogP contribution is 2.10. The fourth-order valence-corrected chi connectivity index (χ4v) is 1.51. The molecule has 0 spiro atoms. The Morgan fingerprint density at radius 1 is 1.35 bits per heavy atom. The molecule has 4 nitrogen and oxygen atoms in total. The molecule has 17 heavy (non-hydrogen) atoms. The molecule has 94 valence electrons. The Morgan fingerprint density at radius 2 is 1.94 bits per heavy atom. The first-order valence-corrected chi connectivity index (χ1v) is 5.78. The van der Waals surface area contributed by atoms with Crippen molar-refractivity contribution in [2.75, 3.05) is 6.61 Å². The highest BCUT2D eigenvalue weighted by atomic mass is 16.3. The highest BCUT2D eigenvalue weighted by molar-refractivity contribution is 5.83. The molecule has 4 heteroatoms. The molecule has 0 radical (unpaired) electrons. The third-order valence-corrected chi connectivity index (χ3v) is 2.77. The number of aliphatic hydroxyl groups is 1. The van der Waals surface area contributed by atoms with Crippen LogP contribution >= 0.6 is 0 Å². The molecule has 1 aromatic rings. The Bertz CT molecular complexity index is 352. The van der Waals surface area contributed by atoms with Gasteiger partial charge in [0, 0.05) is 0 Å². The number of nitrogens with two attached hydrogens (primary N) is 1. The Hall–Kier alpha value is -1.39. The Morgan fingerprint density at radius 3 is 2.41 bits per heavy atom. The summed E-state index contributed by atoms with van der Waals surface area (Å²) in [5.41, 5.74) is 6.62. The van der Waals surface area contributed by atoms with Crippen molar-refractivity contribution in [1.29, 1.82) is 0 Å². The van der Waals surface area contributed by atoms with Gasteiger partial charge in [-0.2, -0.15) is 0 Å². The van der Waals surface area contributed by atoms with Crippen molar-refractivity contribution in [2.24, 2.45) is 11.7 Å². The third kappa shape index (κ3) is 3.84. The molecule has 1 amide bonds. The van der Waals surface area contributed by atoms with E-state index >= 15 is 0 Å². The normalized spacial score (nSPS) is 14.4. The first-order valence-electron chi connectivity index (χ1n) is 5.78. The van der Waals surface area contributed by atoms with E-state index in [4.69, 9.17) is 10.8 Å². The van der Waals surface area contributed by atoms with Gasteiger partial charge in [0.2, 0.25) is 5.91 Å². The summed E-state index contributed by atoms with van der Waals surface area (Å²) in [7, 11) is 0. The molecule has 0 aliphatic carbocycles. The van der Waals surface area contributed by atoms with Crippen LogP contribution in [0.25, 0.3) is 0 Å². The lowest BCUT2D eigenvalue weighted by atomic mass is 10.0. The Labute approximate surface area is 102 Å². The van der Waals surface area contributed by atoms with Gasteiger partial charge < -0.3 is 16.2 Å². The van der Waals surface area contributed by atoms with E-state index in [1.165, 1.54) is 0 Å². The molecule has 0 saturated heterocycles. The molecule has 0 aromatic heterocycles. The van der Waals surface area contributed by atoms with Gasteiger partial charge in [-0.3, -0.25) is 4.79 Å². The van der Waals surface area contributed by atoms with Crippen molar-refractivity contribution >= 4 is 5.91 Å². The lowest BCUT2D eigenvalue weighted by molar-refractivity contribution is -0.123. The van der Waals surface area contributed by atoms with Crippen molar-refractivity contribution < 1.29 is 9.90 Å². The summed E-state index contributed by atoms with van der Waals surface area (Å²) in [6.07, 6.45) is 0. The molecule has 0 heterocycles. The first kappa shape index (κ1) is 13.7. The molecule has 4 N–H and O–H groups in total. The minimum Gasteiger partial charge on any atom is -0.394 e. The van der Waals surface area contributed by atoms with E-state index in [-0.39, 0.29) is 24.5 Å². The SMILES string of the molecule is CC(C)[C@@H](CO)NC(=O)C(N)c1ccccc1. The largest absolute Gasteiger partial charge is 0.394 e. The van der Waals surface area contributed by atoms with Crippen LogP contribution < -0.4 is 11.1 Å². The highest BCUT2D eigenvalue weighted by Gasteiger charge is 2.20. The molecule has 1 rings (SSSR count). The molecule has 0 aliphatic rings. The van der Waals surface area contributed by atoms with Gasteiger partial charge in [0.1, 0.15) is 6.04 Å². The maximum atomic E-state index is 11.9. The average molecular weight is 236 g/mol. The number of aliphatic hydroxyl groups excluding tert-OH is 1. The maximum absolute atomic E-state index is 11.9. The molecule has 1 unspecified atom stereocenters. The predicted octanol–water partition coefficient (Wildman–Crippen LogP) is 0.819. The van der Waals surface area contributed by atoms with E-state index in [1.807, 2.05) is 44.2 Å². The third-order valence-electron chi connectivity index (χ3n) is 2.77. The van der Waals surface area contributed by atoms with E-state index in [2.05, 4.69) is 5.32 Å². The molecule has 1 aromatic carbocycles. The van der Waals surface area contributed by atoms with Crippen LogP contribution in [0, 0.1) is 5.92 Å². The number of nitrogens with one attached hydrogen (secondary N) is 1. The van der Waals surface area contributed by atoms with Crippen molar-refractivity contribution in [3.63, 3.8) is 0 Å². The summed E-state index contributed by atoms with van der Waals surface area (Å²) in [5.74, 6) is -0.0872. The van der Waals surface area contributed by atoms with Gasteiger partial charge in [-0.25, -0.2) is 0 Å². The molecular weight excluding hydrogens is 216 g/mol. The van der Waals surface area contributed by atoms with Gasteiger partial charge in [-0.1, -0.05) is 44.2 Å². The number of hydrogen-bond donors (Lipinski definition) is 3. The van der Waals surface area contributed by atoms with Gasteiger partial charge in [0.15, 0.2) is 0 Å². The molecule has 2 atom stereocenters. The zero-order valence-electron chi connectivity index (χ0n) is 10.3. The Kier molecular flexibility index (Phi) is 5.12. The average Bonchev–Trinajstić information content (AvgIpc) is 2.35. The summed E-state index contributed by atoms with van der Waals surface area (Å²) >= 11 is 0. The van der Waals surface area contributed by atoms with Crippen LogP contribution in [-0.2, 0) is 4.79 Å². The lowest BCUT2D eigenvalue weighted by Gasteiger charge is -2.22. The fourth-order valence-electron chi connectivity index (χ4n) is 1.51. The number of amides is 1. The van der Waals surface area contributed by atoms with E-state index in [1.54, 1.807) is 0 Å². The van der Waals surface area contributed by atoms with Crippen LogP contribution in [-0.4, -0.2) is 23.7 Å². The van der Waals surface area contributed by atoms with Gasteiger partial charge in [0.25, 0.3) is 0 Å². The van der Waals surface area contributed by atoms with Crippen LogP contribution in [0.2, 0.25) is 0 Å². The van der Waals surface area contributed by atoms with Crippen LogP contribution in [0.1, 0.15) is 25.5 Å². The minimum absolute atomic E-state index is 0.0785. The number of carbonyl (C=O) groups excluding carboxylic acids is 1. The zero-order valence-corrected chi connectivity index (χ0v) is 10.3. The number of benzene rings is 1. The predicted molar refractivity (Wildman–Crippen MR) is 67.2 cm³/mol. The molecule has 0 fully saturated rings. The van der Waals surface area contributed by atoms with Crippen LogP contribution in [0.3, 0.4) is 0 Å². The standard InChI is InChI=1S/C13H20N2O2/c1-9(2)11(8-16)15-13(17)12(14)10-6-4-3-5-7-10/h3-7,9,11-12,16H,8,14H2,1-2H3,(H,15,17)/t11-,12?/m1/s1. The van der Waals surface area contributed by atoms with Gasteiger partial charge in [-0.15, -0.1) is 0 Å². The van der Waals surface area contributed by atoms with E-state index in [0.29, 0.717) is 0 Å². The summed E-state index contributed by atoms with van der Waals surface area (Å²) in [4.78, 5) is 11.9. The Balaban J connectivity index is 2.64. The topological polar surface area (TPSA) is 75.3 Å². The molecule has 0 bridgehead atoms. The minimum atomic E-state index is -0.691. The molecule has 0 saturated carbocycles. The zero-order chi connectivity index (χ0) is 12.8. The number of rotatable bonds is 5. The van der Waals surface area contributed by atoms with Gasteiger partial charge >= 0.3 is 0 Å². The summed E-state index contributed by atoms with van der Waals surface area (Å²) in [6.45, 7) is 3.80. The quantitative estimate of drug-likeness (QED) is 0.708. The van der Waals surface area contributed by atoms with Crippen molar-refractivity contribution in [1.82, 2.24) is 5.32 Å². The summed E-state index contributed by atoms with van der Waals surface area (Å²) < 4.78 is 0. The van der Waals surface area contributed by atoms with E-state index in [0.717, 1.165) is 5.56 Å². The summed E-state index contributed by atoms with van der Waals surface area (Å²) in [6, 6.07) is 8.24. The van der Waals surface area contributed by atoms with Crippen molar-refractivity contribution in [3.8, 4) is 0 Å². The van der Waals surface area contributed by atoms with E-state index < -0.39 is 6.04 Å². The first-order chi connectivity index (χ1) is 8.06. The lowest BCUT2D eigenvalue weighted by Crippen LogP contribution is -2.45. The fraction of sp³-hybridized carbons (Fsp3) is 0.462. The summed E-state index contributed by atoms with van der Waals surface area (Å²) in [5, 5.41) is 11.9. The number of hydrogen-bond acceptors (Lipinski definition) is 3. The molecular formula is C13H20N2O2. The maximum Gasteiger partial charge on any atom is 0.241 e. The van der Waals surface area contributed by atoms with Crippen LogP contribution in [0.4, 0.5) is 0 Å². The van der Waals surface area contributed by atoms with Crippen molar-refractivity contribution in [3.05, 3.63) is 35.9 Å².